The zero-order valence-electron chi connectivity index (χ0n) is 18.2. The fourth-order valence-corrected chi connectivity index (χ4v) is 4.24. The Labute approximate surface area is 178 Å². The number of furan rings is 1. The number of hydrogen-bond acceptors (Lipinski definition) is 5. The lowest BCUT2D eigenvalue weighted by atomic mass is 10.0. The van der Waals surface area contributed by atoms with Crippen LogP contribution in [-0.4, -0.2) is 52.3 Å². The molecule has 6 nitrogen and oxygen atoms in total. The molecule has 0 amide bonds. The number of piperazine rings is 1. The summed E-state index contributed by atoms with van der Waals surface area (Å²) in [4.78, 5) is 9.25. The Bertz CT molecular complexity index is 956. The largest absolute Gasteiger partial charge is 0.466 e. The molecule has 30 heavy (non-hydrogen) atoms. The predicted octanol–water partition coefficient (Wildman–Crippen LogP) is 3.72. The number of rotatable bonds is 7. The van der Waals surface area contributed by atoms with E-state index in [1.54, 1.807) is 6.20 Å². The van der Waals surface area contributed by atoms with Gasteiger partial charge >= 0.3 is 0 Å². The van der Waals surface area contributed by atoms with E-state index in [1.165, 1.54) is 0 Å². The molecular weight excluding hydrogens is 376 g/mol. The predicted molar refractivity (Wildman–Crippen MR) is 119 cm³/mol. The van der Waals surface area contributed by atoms with Crippen molar-refractivity contribution >= 4 is 5.69 Å². The molecule has 1 fully saturated rings. The maximum atomic E-state index is 11.0. The molecular formula is C24H32N4O2. The van der Waals surface area contributed by atoms with Gasteiger partial charge in [0, 0.05) is 62.8 Å². The van der Waals surface area contributed by atoms with Gasteiger partial charge in [0.25, 0.3) is 0 Å². The smallest absolute Gasteiger partial charge is 0.142 e. The molecule has 1 aliphatic heterocycles. The number of aryl methyl sites for hydroxylation is 2. The van der Waals surface area contributed by atoms with Crippen molar-refractivity contribution in [3.05, 3.63) is 71.7 Å². The topological polar surface area (TPSA) is 57.7 Å². The van der Waals surface area contributed by atoms with Crippen molar-refractivity contribution in [2.75, 3.05) is 37.6 Å². The van der Waals surface area contributed by atoms with Crippen molar-refractivity contribution in [3.63, 3.8) is 0 Å². The van der Waals surface area contributed by atoms with Crippen LogP contribution in [0, 0.1) is 6.92 Å². The molecule has 4 rings (SSSR count). The van der Waals surface area contributed by atoms with Crippen LogP contribution in [0.3, 0.4) is 0 Å². The quantitative estimate of drug-likeness (QED) is 0.646. The SMILES string of the molecule is Cc1ccc([C@@H](C)CCN2CCN(c3ccccc3[C@H](O)c3nccn3C)CC2)o1. The summed E-state index contributed by atoms with van der Waals surface area (Å²) in [5.74, 6) is 3.17. The molecule has 2 atom stereocenters. The van der Waals surface area contributed by atoms with Gasteiger partial charge in [-0.1, -0.05) is 25.1 Å². The summed E-state index contributed by atoms with van der Waals surface area (Å²) >= 11 is 0. The number of aliphatic hydroxyl groups is 1. The lowest BCUT2D eigenvalue weighted by molar-refractivity contribution is 0.205. The molecule has 0 radical (unpaired) electrons. The second-order valence-corrected chi connectivity index (χ2v) is 8.32. The number of para-hydroxylation sites is 1. The van der Waals surface area contributed by atoms with Gasteiger partial charge in [0.05, 0.1) is 0 Å². The fourth-order valence-electron chi connectivity index (χ4n) is 4.24. The van der Waals surface area contributed by atoms with Gasteiger partial charge in [-0.25, -0.2) is 4.98 Å². The molecule has 1 aliphatic rings. The summed E-state index contributed by atoms with van der Waals surface area (Å²) in [6.07, 6.45) is 3.97. The van der Waals surface area contributed by atoms with E-state index < -0.39 is 6.10 Å². The first kappa shape index (κ1) is 20.7. The average Bonchev–Trinajstić information content (AvgIpc) is 3.40. The number of hydrogen-bond donors (Lipinski definition) is 1. The highest BCUT2D eigenvalue weighted by Gasteiger charge is 2.24. The number of anilines is 1. The van der Waals surface area contributed by atoms with Gasteiger partial charge in [-0.3, -0.25) is 4.90 Å². The second-order valence-electron chi connectivity index (χ2n) is 8.32. The third-order valence-electron chi connectivity index (χ3n) is 6.17. The number of aliphatic hydroxyl groups excluding tert-OH is 1. The molecule has 0 unspecified atom stereocenters. The molecule has 3 aromatic rings. The Hall–Kier alpha value is -2.57. The van der Waals surface area contributed by atoms with Gasteiger partial charge in [-0.05, 0) is 38.1 Å². The summed E-state index contributed by atoms with van der Waals surface area (Å²) in [6.45, 7) is 9.28. The lowest BCUT2D eigenvalue weighted by Crippen LogP contribution is -2.47. The summed E-state index contributed by atoms with van der Waals surface area (Å²) < 4.78 is 7.65. The number of aromatic nitrogens is 2. The maximum Gasteiger partial charge on any atom is 0.142 e. The number of benzene rings is 1. The van der Waals surface area contributed by atoms with Crippen LogP contribution >= 0.6 is 0 Å². The normalized spacial score (nSPS) is 17.3. The summed E-state index contributed by atoms with van der Waals surface area (Å²) in [7, 11) is 1.91. The van der Waals surface area contributed by atoms with Crippen LogP contribution in [0.4, 0.5) is 5.69 Å². The van der Waals surface area contributed by atoms with E-state index in [4.69, 9.17) is 4.42 Å². The van der Waals surface area contributed by atoms with E-state index in [0.29, 0.717) is 11.7 Å². The second kappa shape index (κ2) is 9.06. The van der Waals surface area contributed by atoms with Gasteiger partial charge in [0.2, 0.25) is 0 Å². The van der Waals surface area contributed by atoms with Crippen molar-refractivity contribution in [2.45, 2.75) is 32.3 Å². The molecule has 0 bridgehead atoms. The molecule has 160 valence electrons. The minimum absolute atomic E-state index is 0.436. The third-order valence-corrected chi connectivity index (χ3v) is 6.17. The maximum absolute atomic E-state index is 11.0. The van der Waals surface area contributed by atoms with Crippen molar-refractivity contribution in [2.24, 2.45) is 7.05 Å². The van der Waals surface area contributed by atoms with Crippen molar-refractivity contribution < 1.29 is 9.52 Å². The van der Waals surface area contributed by atoms with E-state index in [1.807, 2.05) is 49.0 Å². The van der Waals surface area contributed by atoms with E-state index in [2.05, 4.69) is 33.8 Å². The summed E-state index contributed by atoms with van der Waals surface area (Å²) in [5, 5.41) is 11.0. The van der Waals surface area contributed by atoms with Crippen molar-refractivity contribution in [3.8, 4) is 0 Å². The first-order valence-corrected chi connectivity index (χ1v) is 10.8. The molecule has 6 heteroatoms. The minimum Gasteiger partial charge on any atom is -0.466 e. The number of imidazole rings is 1. The zero-order valence-corrected chi connectivity index (χ0v) is 18.2. The van der Waals surface area contributed by atoms with E-state index >= 15 is 0 Å². The van der Waals surface area contributed by atoms with Crippen molar-refractivity contribution in [1.29, 1.82) is 0 Å². The monoisotopic (exact) mass is 408 g/mol. The molecule has 1 N–H and O–H groups in total. The Morgan fingerprint density at radius 3 is 2.53 bits per heavy atom. The highest BCUT2D eigenvalue weighted by molar-refractivity contribution is 5.56. The Kier molecular flexibility index (Phi) is 6.25. The Morgan fingerprint density at radius 1 is 1.10 bits per heavy atom. The average molecular weight is 409 g/mol. The highest BCUT2D eigenvalue weighted by Crippen LogP contribution is 2.31. The van der Waals surface area contributed by atoms with Crippen LogP contribution in [0.25, 0.3) is 0 Å². The fraction of sp³-hybridized carbons (Fsp3) is 0.458. The molecule has 0 saturated carbocycles. The van der Waals surface area contributed by atoms with E-state index in [-0.39, 0.29) is 0 Å². The molecule has 0 aliphatic carbocycles. The van der Waals surface area contributed by atoms with Gasteiger partial charge in [0.15, 0.2) is 0 Å². The van der Waals surface area contributed by atoms with Gasteiger partial charge < -0.3 is 19.0 Å². The first-order valence-electron chi connectivity index (χ1n) is 10.8. The minimum atomic E-state index is -0.725. The summed E-state index contributed by atoms with van der Waals surface area (Å²) in [6, 6.07) is 12.3. The molecule has 0 spiro atoms. The standard InChI is InChI=1S/C24H32N4O2/c1-18(22-9-8-19(2)30-22)10-12-27-14-16-28(17-15-27)21-7-5-4-6-20(21)23(29)24-25-11-13-26(24)3/h4-9,11,13,18,23,29H,10,12,14-17H2,1-3H3/t18-,23-/m0/s1. The summed E-state index contributed by atoms with van der Waals surface area (Å²) in [5.41, 5.74) is 2.02. The van der Waals surface area contributed by atoms with Crippen molar-refractivity contribution in [1.82, 2.24) is 14.5 Å². The van der Waals surface area contributed by atoms with Crippen LogP contribution in [0.15, 0.2) is 53.2 Å². The van der Waals surface area contributed by atoms with Gasteiger partial charge in [-0.15, -0.1) is 0 Å². The van der Waals surface area contributed by atoms with Gasteiger partial charge in [0.1, 0.15) is 23.4 Å². The lowest BCUT2D eigenvalue weighted by Gasteiger charge is -2.37. The molecule has 1 aromatic carbocycles. The van der Waals surface area contributed by atoms with Crippen LogP contribution in [0.5, 0.6) is 0 Å². The Balaban J connectivity index is 1.36. The zero-order chi connectivity index (χ0) is 21.1. The van der Waals surface area contributed by atoms with E-state index in [0.717, 1.165) is 61.9 Å². The molecule has 3 heterocycles. The highest BCUT2D eigenvalue weighted by atomic mass is 16.3. The number of nitrogens with zero attached hydrogens (tertiary/aromatic N) is 4. The third kappa shape index (κ3) is 4.45. The molecule has 1 saturated heterocycles. The van der Waals surface area contributed by atoms with Crippen LogP contribution in [0.1, 0.15) is 48.3 Å². The van der Waals surface area contributed by atoms with Crippen LogP contribution < -0.4 is 4.90 Å². The van der Waals surface area contributed by atoms with Crippen LogP contribution in [-0.2, 0) is 7.05 Å². The molecule has 2 aromatic heterocycles. The van der Waals surface area contributed by atoms with E-state index in [9.17, 15) is 5.11 Å². The van der Waals surface area contributed by atoms with Crippen LogP contribution in [0.2, 0.25) is 0 Å². The first-order chi connectivity index (χ1) is 14.5. The Morgan fingerprint density at radius 2 is 1.87 bits per heavy atom. The van der Waals surface area contributed by atoms with Gasteiger partial charge in [-0.2, -0.15) is 0 Å².